The number of carbonyl (C=O) groups excluding carboxylic acids is 2. The predicted molar refractivity (Wildman–Crippen MR) is 171 cm³/mol. The summed E-state index contributed by atoms with van der Waals surface area (Å²) in [6.07, 6.45) is 1.13. The second-order valence-electron chi connectivity index (χ2n) is 11.0. The van der Waals surface area contributed by atoms with Crippen LogP contribution < -0.4 is 16.0 Å². The lowest BCUT2D eigenvalue weighted by molar-refractivity contribution is 0.0636. The molecular weight excluding hydrogens is 540 g/mol. The van der Waals surface area contributed by atoms with E-state index in [0.29, 0.717) is 16.9 Å². The Kier molecular flexibility index (Phi) is 7.26. The molecule has 0 aliphatic carbocycles. The molecule has 0 saturated carbocycles. The van der Waals surface area contributed by atoms with Crippen molar-refractivity contribution in [3.05, 3.63) is 115 Å². The number of hydrogen-bond donors (Lipinski definition) is 3. The molecule has 8 heteroatoms. The van der Waals surface area contributed by atoms with Gasteiger partial charge in [0.1, 0.15) is 16.8 Å². The van der Waals surface area contributed by atoms with Gasteiger partial charge >= 0.3 is 6.09 Å². The molecule has 6 aromatic rings. The van der Waals surface area contributed by atoms with Crippen LogP contribution in [0.1, 0.15) is 31.1 Å². The number of hydrogen-bond acceptors (Lipinski definition) is 6. The molecule has 2 amide bonds. The first kappa shape index (κ1) is 27.5. The van der Waals surface area contributed by atoms with Gasteiger partial charge in [-0.15, -0.1) is 0 Å². The van der Waals surface area contributed by atoms with Gasteiger partial charge in [0.25, 0.3) is 5.91 Å². The second kappa shape index (κ2) is 11.3. The predicted octanol–water partition coefficient (Wildman–Crippen LogP) is 8.99. The number of para-hydroxylation sites is 3. The van der Waals surface area contributed by atoms with E-state index < -0.39 is 11.7 Å². The number of nitrogens with one attached hydrogen (secondary N) is 3. The van der Waals surface area contributed by atoms with Crippen LogP contribution in [0.15, 0.2) is 114 Å². The smallest absolute Gasteiger partial charge is 0.412 e. The van der Waals surface area contributed by atoms with Crippen molar-refractivity contribution in [2.75, 3.05) is 16.0 Å². The summed E-state index contributed by atoms with van der Waals surface area (Å²) in [5, 5.41) is 11.1. The lowest BCUT2D eigenvalue weighted by Gasteiger charge is -2.20. The van der Waals surface area contributed by atoms with Crippen LogP contribution in [0.4, 0.5) is 27.5 Å². The highest BCUT2D eigenvalue weighted by molar-refractivity contribution is 6.10. The van der Waals surface area contributed by atoms with E-state index >= 15 is 0 Å². The number of fused-ring (bicyclic) bond motifs is 3. The van der Waals surface area contributed by atoms with Crippen molar-refractivity contribution in [3.8, 4) is 11.3 Å². The summed E-state index contributed by atoms with van der Waals surface area (Å²) in [4.78, 5) is 29.9. The van der Waals surface area contributed by atoms with E-state index in [1.54, 1.807) is 63.4 Å². The van der Waals surface area contributed by atoms with E-state index in [9.17, 15) is 9.59 Å². The van der Waals surface area contributed by atoms with Crippen molar-refractivity contribution < 1.29 is 18.7 Å². The molecule has 0 aliphatic rings. The Morgan fingerprint density at radius 2 is 1.47 bits per heavy atom. The molecule has 0 spiro atoms. The minimum atomic E-state index is -0.655. The van der Waals surface area contributed by atoms with E-state index in [2.05, 4.69) is 33.1 Å². The van der Waals surface area contributed by atoms with Gasteiger partial charge in [-0.2, -0.15) is 0 Å². The van der Waals surface area contributed by atoms with Crippen LogP contribution in [-0.2, 0) is 4.74 Å². The molecule has 2 aromatic heterocycles. The van der Waals surface area contributed by atoms with Gasteiger partial charge in [-0.1, -0.05) is 42.5 Å². The number of pyridine rings is 1. The Bertz CT molecular complexity index is 1960. The third-order valence-electron chi connectivity index (χ3n) is 6.68. The van der Waals surface area contributed by atoms with Gasteiger partial charge in [0.05, 0.1) is 16.9 Å². The molecule has 0 aliphatic heterocycles. The number of aromatic nitrogens is 1. The van der Waals surface area contributed by atoms with Crippen LogP contribution in [0.2, 0.25) is 0 Å². The van der Waals surface area contributed by atoms with E-state index in [1.165, 1.54) is 0 Å². The Labute approximate surface area is 248 Å². The first-order chi connectivity index (χ1) is 20.7. The molecule has 4 aromatic carbocycles. The zero-order valence-corrected chi connectivity index (χ0v) is 24.0. The zero-order valence-electron chi connectivity index (χ0n) is 24.0. The number of nitrogens with zero attached hydrogens (tertiary/aromatic N) is 1. The summed E-state index contributed by atoms with van der Waals surface area (Å²) in [5.41, 5.74) is 5.67. The SMILES string of the molecule is CC(C)(C)OC(=O)Nc1ccccc1C(=O)Nc1ccc(Nc2ccnc(-c3cccc4c3oc3ccccc34)c2)cc1. The van der Waals surface area contributed by atoms with E-state index in [4.69, 9.17) is 9.15 Å². The molecule has 0 unspecified atom stereocenters. The van der Waals surface area contributed by atoms with Crippen LogP contribution >= 0.6 is 0 Å². The Morgan fingerprint density at radius 1 is 0.744 bits per heavy atom. The molecule has 3 N–H and O–H groups in total. The summed E-state index contributed by atoms with van der Waals surface area (Å²) in [6.45, 7) is 5.33. The van der Waals surface area contributed by atoms with E-state index in [-0.39, 0.29) is 5.91 Å². The van der Waals surface area contributed by atoms with Gasteiger partial charge in [-0.05, 0) is 81.4 Å². The fourth-order valence-corrected chi connectivity index (χ4v) is 4.81. The van der Waals surface area contributed by atoms with Crippen molar-refractivity contribution in [1.82, 2.24) is 4.98 Å². The largest absolute Gasteiger partial charge is 0.455 e. The van der Waals surface area contributed by atoms with Crippen molar-refractivity contribution in [2.24, 2.45) is 0 Å². The van der Waals surface area contributed by atoms with Gasteiger partial charge in [-0.25, -0.2) is 4.79 Å². The minimum absolute atomic E-state index is 0.319. The van der Waals surface area contributed by atoms with Crippen molar-refractivity contribution in [3.63, 3.8) is 0 Å². The highest BCUT2D eigenvalue weighted by Crippen LogP contribution is 2.35. The average Bonchev–Trinajstić information content (AvgIpc) is 3.36. The lowest BCUT2D eigenvalue weighted by Crippen LogP contribution is -2.28. The minimum Gasteiger partial charge on any atom is -0.455 e. The molecular formula is C35H30N4O4. The number of carbonyl (C=O) groups is 2. The maximum atomic E-state index is 13.1. The Balaban J connectivity index is 1.16. The summed E-state index contributed by atoms with van der Waals surface area (Å²) in [7, 11) is 0. The average molecular weight is 571 g/mol. The monoisotopic (exact) mass is 570 g/mol. The van der Waals surface area contributed by atoms with Gasteiger partial charge in [-0.3, -0.25) is 15.1 Å². The van der Waals surface area contributed by atoms with E-state index in [0.717, 1.165) is 44.6 Å². The molecule has 0 bridgehead atoms. The van der Waals surface area contributed by atoms with Gasteiger partial charge in [0.2, 0.25) is 0 Å². The van der Waals surface area contributed by atoms with Crippen LogP contribution in [0.5, 0.6) is 0 Å². The molecule has 0 radical (unpaired) electrons. The van der Waals surface area contributed by atoms with E-state index in [1.807, 2.05) is 54.6 Å². The number of benzene rings is 4. The molecule has 8 nitrogen and oxygen atoms in total. The summed E-state index contributed by atoms with van der Waals surface area (Å²) < 4.78 is 11.5. The fraction of sp³-hybridized carbons (Fsp3) is 0.114. The van der Waals surface area contributed by atoms with Gasteiger partial charge < -0.3 is 19.8 Å². The van der Waals surface area contributed by atoms with Crippen molar-refractivity contribution in [1.29, 1.82) is 0 Å². The quantitative estimate of drug-likeness (QED) is 0.185. The van der Waals surface area contributed by atoms with Gasteiger partial charge in [0, 0.05) is 39.6 Å². The lowest BCUT2D eigenvalue weighted by atomic mass is 10.1. The summed E-state index contributed by atoms with van der Waals surface area (Å²) >= 11 is 0. The standard InChI is InChI=1S/C35H30N4O4/c1-35(2,3)43-34(41)39-29-13-6-4-10-28(29)33(40)38-23-17-15-22(16-18-23)37-24-19-20-36-30(21-24)27-12-8-11-26-25-9-5-7-14-31(25)42-32(26)27/h4-21H,1-3H3,(H,36,37)(H,38,40)(H,39,41). The Hall–Kier alpha value is -5.63. The van der Waals surface area contributed by atoms with Crippen LogP contribution in [0, 0.1) is 0 Å². The highest BCUT2D eigenvalue weighted by atomic mass is 16.6. The second-order valence-corrected chi connectivity index (χ2v) is 11.0. The topological polar surface area (TPSA) is 105 Å². The molecule has 2 heterocycles. The molecule has 0 saturated heterocycles. The molecule has 6 rings (SSSR count). The Morgan fingerprint density at radius 3 is 2.28 bits per heavy atom. The van der Waals surface area contributed by atoms with Crippen LogP contribution in [-0.4, -0.2) is 22.6 Å². The molecule has 43 heavy (non-hydrogen) atoms. The molecule has 214 valence electrons. The zero-order chi connectivity index (χ0) is 30.0. The maximum absolute atomic E-state index is 13.1. The van der Waals surface area contributed by atoms with Crippen LogP contribution in [0.25, 0.3) is 33.2 Å². The maximum Gasteiger partial charge on any atom is 0.412 e. The molecule has 0 fully saturated rings. The summed E-state index contributed by atoms with van der Waals surface area (Å²) in [5.74, 6) is -0.356. The van der Waals surface area contributed by atoms with Gasteiger partial charge in [0.15, 0.2) is 0 Å². The number of anilines is 4. The third kappa shape index (κ3) is 6.18. The fourth-order valence-electron chi connectivity index (χ4n) is 4.81. The highest BCUT2D eigenvalue weighted by Gasteiger charge is 2.19. The normalized spacial score (nSPS) is 11.3. The molecule has 0 atom stereocenters. The number of amides is 2. The first-order valence-corrected chi connectivity index (χ1v) is 13.9. The van der Waals surface area contributed by atoms with Crippen molar-refractivity contribution in [2.45, 2.75) is 26.4 Å². The first-order valence-electron chi connectivity index (χ1n) is 13.9. The number of furan rings is 1. The summed E-state index contributed by atoms with van der Waals surface area (Å²) in [6, 6.07) is 32.1. The van der Waals surface area contributed by atoms with Crippen LogP contribution in [0.3, 0.4) is 0 Å². The number of rotatable bonds is 6. The van der Waals surface area contributed by atoms with Crippen molar-refractivity contribution >= 4 is 56.7 Å². The third-order valence-corrected chi connectivity index (χ3v) is 6.68. The number of ether oxygens (including phenoxy) is 1.